The molecule has 3 N–H and O–H groups in total. The van der Waals surface area contributed by atoms with Crippen LogP contribution in [0.1, 0.15) is 13.8 Å². The lowest BCUT2D eigenvalue weighted by Gasteiger charge is -2.14. The molecule has 106 valence electrons. The molecular weight excluding hydrogens is 246 g/mol. The standard InChI is InChI=1S/C12H21N5O2/c1-4-14-10-7-13-8-11(17-10)16-9(2)12(18)15-5-6-19-3/h7-9H,4-6H2,1-3H3,(H,15,18)(H2,14,16,17). The molecule has 0 radical (unpaired) electrons. The van der Waals surface area contributed by atoms with Crippen LogP contribution in [-0.4, -0.2) is 48.7 Å². The molecule has 0 aromatic carbocycles. The van der Waals surface area contributed by atoms with Gasteiger partial charge in [-0.3, -0.25) is 9.78 Å². The van der Waals surface area contributed by atoms with Crippen LogP contribution in [0, 0.1) is 0 Å². The van der Waals surface area contributed by atoms with Crippen LogP contribution >= 0.6 is 0 Å². The van der Waals surface area contributed by atoms with E-state index >= 15 is 0 Å². The van der Waals surface area contributed by atoms with Crippen molar-refractivity contribution in [2.75, 3.05) is 37.4 Å². The van der Waals surface area contributed by atoms with Crippen LogP contribution in [0.25, 0.3) is 0 Å². The summed E-state index contributed by atoms with van der Waals surface area (Å²) in [6.45, 7) is 5.50. The first-order valence-electron chi connectivity index (χ1n) is 6.26. The highest BCUT2D eigenvalue weighted by Crippen LogP contribution is 2.07. The van der Waals surface area contributed by atoms with Gasteiger partial charge in [-0.15, -0.1) is 0 Å². The van der Waals surface area contributed by atoms with E-state index in [1.165, 1.54) is 0 Å². The molecule has 0 saturated heterocycles. The maximum absolute atomic E-state index is 11.7. The molecule has 19 heavy (non-hydrogen) atoms. The third-order valence-electron chi connectivity index (χ3n) is 2.36. The summed E-state index contributed by atoms with van der Waals surface area (Å²) < 4.78 is 4.87. The van der Waals surface area contributed by atoms with Crippen molar-refractivity contribution in [3.05, 3.63) is 12.4 Å². The lowest BCUT2D eigenvalue weighted by molar-refractivity contribution is -0.121. The van der Waals surface area contributed by atoms with E-state index in [0.717, 1.165) is 6.54 Å². The molecule has 1 atom stereocenters. The van der Waals surface area contributed by atoms with Crippen LogP contribution in [-0.2, 0) is 9.53 Å². The lowest BCUT2D eigenvalue weighted by Crippen LogP contribution is -2.39. The van der Waals surface area contributed by atoms with Gasteiger partial charge in [0, 0.05) is 20.2 Å². The molecule has 0 aliphatic rings. The Labute approximate surface area is 113 Å². The highest BCUT2D eigenvalue weighted by atomic mass is 16.5. The normalized spacial score (nSPS) is 11.7. The van der Waals surface area contributed by atoms with E-state index in [4.69, 9.17) is 4.74 Å². The van der Waals surface area contributed by atoms with Gasteiger partial charge in [-0.25, -0.2) is 4.98 Å². The molecule has 0 aliphatic carbocycles. The summed E-state index contributed by atoms with van der Waals surface area (Å²) in [6, 6.07) is -0.386. The molecular formula is C12H21N5O2. The van der Waals surface area contributed by atoms with Gasteiger partial charge in [0.1, 0.15) is 17.7 Å². The van der Waals surface area contributed by atoms with Crippen LogP contribution in [0.5, 0.6) is 0 Å². The number of aromatic nitrogens is 2. The lowest BCUT2D eigenvalue weighted by atomic mass is 10.3. The highest BCUT2D eigenvalue weighted by Gasteiger charge is 2.12. The van der Waals surface area contributed by atoms with Gasteiger partial charge >= 0.3 is 0 Å². The zero-order valence-electron chi connectivity index (χ0n) is 11.6. The average molecular weight is 267 g/mol. The van der Waals surface area contributed by atoms with E-state index in [9.17, 15) is 4.79 Å². The summed E-state index contributed by atoms with van der Waals surface area (Å²) in [6.07, 6.45) is 3.22. The number of methoxy groups -OCH3 is 1. The van der Waals surface area contributed by atoms with Crippen molar-refractivity contribution in [2.24, 2.45) is 0 Å². The number of anilines is 2. The Morgan fingerprint density at radius 3 is 2.84 bits per heavy atom. The van der Waals surface area contributed by atoms with Crippen molar-refractivity contribution < 1.29 is 9.53 Å². The molecule has 7 nitrogen and oxygen atoms in total. The largest absolute Gasteiger partial charge is 0.383 e. The van der Waals surface area contributed by atoms with E-state index in [1.807, 2.05) is 6.92 Å². The zero-order chi connectivity index (χ0) is 14.1. The number of nitrogens with zero attached hydrogens (tertiary/aromatic N) is 2. The third-order valence-corrected chi connectivity index (χ3v) is 2.36. The summed E-state index contributed by atoms with van der Waals surface area (Å²) in [7, 11) is 1.59. The molecule has 1 rings (SSSR count). The van der Waals surface area contributed by atoms with Crippen LogP contribution in [0.3, 0.4) is 0 Å². The molecule has 1 aromatic rings. The minimum absolute atomic E-state index is 0.104. The molecule has 7 heteroatoms. The Morgan fingerprint density at radius 2 is 2.16 bits per heavy atom. The average Bonchev–Trinajstić information content (AvgIpc) is 2.39. The van der Waals surface area contributed by atoms with Gasteiger partial charge in [0.25, 0.3) is 0 Å². The number of amides is 1. The quantitative estimate of drug-likeness (QED) is 0.593. The van der Waals surface area contributed by atoms with Gasteiger partial charge in [0.15, 0.2) is 0 Å². The number of carbonyl (C=O) groups is 1. The second kappa shape index (κ2) is 8.25. The fourth-order valence-electron chi connectivity index (χ4n) is 1.42. The molecule has 1 aromatic heterocycles. The molecule has 1 unspecified atom stereocenters. The molecule has 1 heterocycles. The molecule has 0 bridgehead atoms. The number of rotatable bonds is 8. The van der Waals surface area contributed by atoms with Gasteiger partial charge < -0.3 is 20.7 Å². The van der Waals surface area contributed by atoms with E-state index in [1.54, 1.807) is 26.4 Å². The van der Waals surface area contributed by atoms with Gasteiger partial charge in [-0.05, 0) is 13.8 Å². The smallest absolute Gasteiger partial charge is 0.242 e. The van der Waals surface area contributed by atoms with Crippen molar-refractivity contribution in [2.45, 2.75) is 19.9 Å². The number of hydrogen-bond donors (Lipinski definition) is 3. The third kappa shape index (κ3) is 5.52. The Morgan fingerprint density at radius 1 is 1.42 bits per heavy atom. The number of ether oxygens (including phenoxy) is 1. The van der Waals surface area contributed by atoms with Gasteiger partial charge in [-0.2, -0.15) is 0 Å². The van der Waals surface area contributed by atoms with E-state index in [2.05, 4.69) is 25.9 Å². The summed E-state index contributed by atoms with van der Waals surface area (Å²) in [4.78, 5) is 20.1. The highest BCUT2D eigenvalue weighted by molar-refractivity contribution is 5.83. The minimum atomic E-state index is -0.386. The van der Waals surface area contributed by atoms with Gasteiger partial charge in [0.05, 0.1) is 19.0 Å². The molecule has 0 aliphatic heterocycles. The first-order chi connectivity index (χ1) is 9.17. The maximum Gasteiger partial charge on any atom is 0.242 e. The summed E-state index contributed by atoms with van der Waals surface area (Å²) in [5.74, 6) is 1.14. The van der Waals surface area contributed by atoms with Crippen LogP contribution < -0.4 is 16.0 Å². The van der Waals surface area contributed by atoms with Crippen LogP contribution in [0.4, 0.5) is 11.6 Å². The van der Waals surface area contributed by atoms with Crippen molar-refractivity contribution in [1.82, 2.24) is 15.3 Å². The maximum atomic E-state index is 11.7. The predicted molar refractivity (Wildman–Crippen MR) is 74.2 cm³/mol. The second-order valence-electron chi connectivity index (χ2n) is 3.97. The zero-order valence-corrected chi connectivity index (χ0v) is 11.6. The molecule has 0 spiro atoms. The van der Waals surface area contributed by atoms with Crippen molar-refractivity contribution >= 4 is 17.5 Å². The number of carbonyl (C=O) groups excluding carboxylic acids is 1. The first-order valence-corrected chi connectivity index (χ1v) is 6.26. The number of nitrogens with one attached hydrogen (secondary N) is 3. The van der Waals surface area contributed by atoms with Gasteiger partial charge in [-0.1, -0.05) is 0 Å². The Hall–Kier alpha value is -1.89. The van der Waals surface area contributed by atoms with Crippen molar-refractivity contribution in [3.63, 3.8) is 0 Å². The summed E-state index contributed by atoms with van der Waals surface area (Å²) in [5, 5.41) is 8.82. The Balaban J connectivity index is 2.48. The Kier molecular flexibility index (Phi) is 6.59. The van der Waals surface area contributed by atoms with E-state index in [0.29, 0.717) is 24.8 Å². The molecule has 0 saturated carbocycles. The first kappa shape index (κ1) is 15.2. The Bertz CT molecular complexity index is 399. The van der Waals surface area contributed by atoms with Gasteiger partial charge in [0.2, 0.25) is 5.91 Å². The van der Waals surface area contributed by atoms with E-state index in [-0.39, 0.29) is 11.9 Å². The monoisotopic (exact) mass is 267 g/mol. The summed E-state index contributed by atoms with van der Waals surface area (Å²) in [5.41, 5.74) is 0. The summed E-state index contributed by atoms with van der Waals surface area (Å²) >= 11 is 0. The van der Waals surface area contributed by atoms with Crippen LogP contribution in [0.2, 0.25) is 0 Å². The fraction of sp³-hybridized carbons (Fsp3) is 0.583. The van der Waals surface area contributed by atoms with E-state index < -0.39 is 0 Å². The fourth-order valence-corrected chi connectivity index (χ4v) is 1.42. The molecule has 1 amide bonds. The van der Waals surface area contributed by atoms with Crippen LogP contribution in [0.15, 0.2) is 12.4 Å². The second-order valence-corrected chi connectivity index (χ2v) is 3.97. The SMILES string of the molecule is CCNc1cncc(NC(C)C(=O)NCCOC)n1. The topological polar surface area (TPSA) is 88.2 Å². The molecule has 0 fully saturated rings. The van der Waals surface area contributed by atoms with Crippen molar-refractivity contribution in [1.29, 1.82) is 0 Å². The number of hydrogen-bond acceptors (Lipinski definition) is 6. The predicted octanol–water partition coefficient (Wildman–Crippen LogP) is 0.471. The minimum Gasteiger partial charge on any atom is -0.383 e. The van der Waals surface area contributed by atoms with Crippen molar-refractivity contribution in [3.8, 4) is 0 Å².